The number of fused-ring (bicyclic) bond motifs is 3. The number of hydrogen-bond acceptors (Lipinski definition) is 1. The van der Waals surface area contributed by atoms with Crippen LogP contribution in [0.5, 0.6) is 0 Å². The molecule has 0 saturated heterocycles. The van der Waals surface area contributed by atoms with Crippen LogP contribution in [0.3, 0.4) is 0 Å². The summed E-state index contributed by atoms with van der Waals surface area (Å²) in [6.07, 6.45) is 0. The molecule has 1 heterocycles. The van der Waals surface area contributed by atoms with Crippen LogP contribution in [0.2, 0.25) is 0 Å². The van der Waals surface area contributed by atoms with Gasteiger partial charge in [-0.25, -0.2) is 4.98 Å². The van der Waals surface area contributed by atoms with Crippen molar-refractivity contribution < 1.29 is 11.0 Å². The van der Waals surface area contributed by atoms with Crippen LogP contribution in [0.4, 0.5) is 0 Å². The lowest BCUT2D eigenvalue weighted by atomic mass is 9.84. The van der Waals surface area contributed by atoms with E-state index < -0.39 is 24.2 Å². The van der Waals surface area contributed by atoms with Crippen molar-refractivity contribution in [2.24, 2.45) is 0 Å². The molecule has 226 valence electrons. The van der Waals surface area contributed by atoms with Crippen molar-refractivity contribution in [3.8, 4) is 50.2 Å². The van der Waals surface area contributed by atoms with Gasteiger partial charge in [0.1, 0.15) is 5.82 Å². The van der Waals surface area contributed by atoms with Crippen LogP contribution in [0.15, 0.2) is 176 Å². The van der Waals surface area contributed by atoms with Crippen LogP contribution >= 0.6 is 0 Å². The van der Waals surface area contributed by atoms with Crippen molar-refractivity contribution in [3.63, 3.8) is 0 Å². The average Bonchev–Trinajstić information content (AvgIpc) is 3.58. The summed E-state index contributed by atoms with van der Waals surface area (Å²) in [7, 11) is 0. The lowest BCUT2D eigenvalue weighted by Crippen LogP contribution is -1.97. The van der Waals surface area contributed by atoms with E-state index >= 15 is 0 Å². The molecule has 0 radical (unpaired) electrons. The smallest absolute Gasteiger partial charge is 0.111 e. The normalized spacial score (nSPS) is 13.8. The molecule has 0 aliphatic heterocycles. The minimum absolute atomic E-state index is 0.173. The summed E-state index contributed by atoms with van der Waals surface area (Å²) in [4.78, 5) is 4.71. The second-order valence-corrected chi connectivity index (χ2v) is 11.8. The lowest BCUT2D eigenvalue weighted by molar-refractivity contribution is 1.00. The standard InChI is InChI=1S/C46H32N2/c1-31-47-43-22-12-13-23-44(43)48(31)38-26-24-34(25-27-38)45-39-18-8-10-20-41(39)46(42-21-11-9-19-40(42)45)37-29-35(32-14-4-2-5-15-32)28-36(30-37)33-16-6-3-7-17-33/h2-30H,1H3/i8D,9D,10D,11D,18D,19D,20D,21D. The number of hydrogen-bond donors (Lipinski definition) is 0. The fourth-order valence-electron chi connectivity index (χ4n) is 6.82. The summed E-state index contributed by atoms with van der Waals surface area (Å²) in [6.45, 7) is 1.93. The number of aromatic nitrogens is 2. The zero-order valence-corrected chi connectivity index (χ0v) is 26.0. The van der Waals surface area contributed by atoms with Gasteiger partial charge < -0.3 is 0 Å². The number of para-hydroxylation sites is 2. The summed E-state index contributed by atoms with van der Waals surface area (Å²) in [5.74, 6) is 0.787. The van der Waals surface area contributed by atoms with E-state index in [1.807, 2.05) is 133 Å². The molecule has 9 rings (SSSR count). The molecule has 0 saturated carbocycles. The van der Waals surface area contributed by atoms with Crippen molar-refractivity contribution in [3.05, 3.63) is 182 Å². The van der Waals surface area contributed by atoms with Crippen molar-refractivity contribution in [2.45, 2.75) is 6.92 Å². The molecule has 0 unspecified atom stereocenters. The Balaban J connectivity index is 1.44. The number of rotatable bonds is 5. The van der Waals surface area contributed by atoms with E-state index in [0.717, 1.165) is 44.8 Å². The van der Waals surface area contributed by atoms with Gasteiger partial charge in [0.25, 0.3) is 0 Å². The summed E-state index contributed by atoms with van der Waals surface area (Å²) >= 11 is 0. The molecule has 48 heavy (non-hydrogen) atoms. The zero-order chi connectivity index (χ0) is 39.0. The third-order valence-corrected chi connectivity index (χ3v) is 8.95. The van der Waals surface area contributed by atoms with Gasteiger partial charge in [-0.2, -0.15) is 0 Å². The van der Waals surface area contributed by atoms with Crippen molar-refractivity contribution >= 4 is 32.6 Å². The van der Waals surface area contributed by atoms with Crippen molar-refractivity contribution in [1.82, 2.24) is 9.55 Å². The highest BCUT2D eigenvalue weighted by atomic mass is 15.1. The first-order valence-corrected chi connectivity index (χ1v) is 15.8. The summed E-state index contributed by atoms with van der Waals surface area (Å²) in [5, 5.41) is 0.695. The van der Waals surface area contributed by atoms with Gasteiger partial charge in [0.05, 0.1) is 22.0 Å². The first-order chi connectivity index (χ1) is 27.0. The lowest BCUT2D eigenvalue weighted by Gasteiger charge is -2.19. The van der Waals surface area contributed by atoms with Crippen LogP contribution in [0, 0.1) is 6.92 Å². The summed E-state index contributed by atoms with van der Waals surface area (Å²) < 4.78 is 75.2. The van der Waals surface area contributed by atoms with Crippen molar-refractivity contribution in [1.29, 1.82) is 0 Å². The third-order valence-electron chi connectivity index (χ3n) is 8.95. The SMILES string of the molecule is [2H]c1c([2H])c([2H])c2c(-c3cc(-c4ccccc4)cc(-c4ccccc4)c3)c3c([2H])c([2H])c([2H])c([2H])c3c(-c3ccc(-n4c(C)nc5ccccc54)cc3)c2c1[2H]. The maximum atomic E-state index is 9.44. The van der Waals surface area contributed by atoms with Gasteiger partial charge >= 0.3 is 0 Å². The van der Waals surface area contributed by atoms with E-state index in [1.165, 1.54) is 0 Å². The molecule has 0 N–H and O–H groups in total. The minimum atomic E-state index is -0.435. The Morgan fingerprint density at radius 2 is 0.917 bits per heavy atom. The van der Waals surface area contributed by atoms with Crippen molar-refractivity contribution in [2.75, 3.05) is 0 Å². The average molecular weight is 621 g/mol. The van der Waals surface area contributed by atoms with Gasteiger partial charge in [-0.15, -0.1) is 0 Å². The number of imidazole rings is 1. The molecule has 2 nitrogen and oxygen atoms in total. The molecule has 0 aliphatic rings. The summed E-state index contributed by atoms with van der Waals surface area (Å²) in [5.41, 5.74) is 7.82. The third kappa shape index (κ3) is 4.70. The van der Waals surface area contributed by atoms with E-state index in [-0.39, 0.29) is 45.7 Å². The maximum Gasteiger partial charge on any atom is 0.111 e. The highest BCUT2D eigenvalue weighted by Crippen LogP contribution is 2.45. The summed E-state index contributed by atoms with van der Waals surface area (Å²) in [6, 6.07) is 37.9. The van der Waals surface area contributed by atoms with Crippen LogP contribution in [0.1, 0.15) is 16.8 Å². The largest absolute Gasteiger partial charge is 0.297 e. The fraction of sp³-hybridized carbons (Fsp3) is 0.0217. The number of nitrogens with zero attached hydrogens (tertiary/aromatic N) is 2. The van der Waals surface area contributed by atoms with Gasteiger partial charge in [0.15, 0.2) is 0 Å². The highest BCUT2D eigenvalue weighted by molar-refractivity contribution is 6.21. The Morgan fingerprint density at radius 1 is 0.458 bits per heavy atom. The molecule has 8 aromatic carbocycles. The zero-order valence-electron chi connectivity index (χ0n) is 34.0. The molecule has 2 heteroatoms. The monoisotopic (exact) mass is 620 g/mol. The number of aryl methyl sites for hydroxylation is 1. The van der Waals surface area contributed by atoms with Gasteiger partial charge in [0.2, 0.25) is 0 Å². The molecule has 0 spiro atoms. The quantitative estimate of drug-likeness (QED) is 0.175. The Hall–Kier alpha value is -6.25. The molecule has 9 aromatic rings. The Labute approximate surface area is 291 Å². The van der Waals surface area contributed by atoms with Crippen LogP contribution in [0.25, 0.3) is 82.8 Å². The van der Waals surface area contributed by atoms with E-state index in [0.29, 0.717) is 22.3 Å². The molecular formula is C46H32N2. The van der Waals surface area contributed by atoms with E-state index in [2.05, 4.69) is 6.07 Å². The van der Waals surface area contributed by atoms with Gasteiger partial charge in [0, 0.05) is 5.69 Å². The highest BCUT2D eigenvalue weighted by Gasteiger charge is 2.18. The van der Waals surface area contributed by atoms with Gasteiger partial charge in [-0.1, -0.05) is 133 Å². The predicted molar refractivity (Wildman–Crippen MR) is 203 cm³/mol. The molecule has 0 aliphatic carbocycles. The van der Waals surface area contributed by atoms with Gasteiger partial charge in [-0.05, 0) is 115 Å². The van der Waals surface area contributed by atoms with E-state index in [1.54, 1.807) is 0 Å². The van der Waals surface area contributed by atoms with Crippen LogP contribution in [-0.2, 0) is 0 Å². The van der Waals surface area contributed by atoms with Crippen LogP contribution in [-0.4, -0.2) is 9.55 Å². The molecule has 0 amide bonds. The Morgan fingerprint density at radius 3 is 1.46 bits per heavy atom. The topological polar surface area (TPSA) is 17.8 Å². The Bertz CT molecular complexity index is 2910. The first-order valence-electron chi connectivity index (χ1n) is 19.8. The van der Waals surface area contributed by atoms with Crippen LogP contribution < -0.4 is 0 Å². The van der Waals surface area contributed by atoms with E-state index in [9.17, 15) is 5.48 Å². The minimum Gasteiger partial charge on any atom is -0.297 e. The first kappa shape index (κ1) is 20.8. The van der Waals surface area contributed by atoms with E-state index in [4.69, 9.17) is 10.5 Å². The molecule has 1 aromatic heterocycles. The second kappa shape index (κ2) is 11.5. The number of benzene rings is 8. The Kier molecular flexibility index (Phi) is 4.99. The molecule has 0 bridgehead atoms. The fourth-order valence-corrected chi connectivity index (χ4v) is 6.82. The predicted octanol–water partition coefficient (Wildman–Crippen LogP) is 12.3. The van der Waals surface area contributed by atoms with Gasteiger partial charge in [-0.3, -0.25) is 4.57 Å². The molecular weight excluding hydrogens is 581 g/mol. The maximum absolute atomic E-state index is 9.44. The molecule has 0 atom stereocenters. The second-order valence-electron chi connectivity index (χ2n) is 11.8. The molecule has 0 fully saturated rings.